The first-order valence-electron chi connectivity index (χ1n) is 47.3. The molecule has 39 heteroatoms. The van der Waals surface area contributed by atoms with E-state index in [4.69, 9.17) is 11.6 Å². The molecule has 9 aromatic carbocycles. The number of nitrogens with one attached hydrogen (secondary N) is 14. The van der Waals surface area contributed by atoms with Crippen LogP contribution in [0.25, 0.3) is 21.9 Å². The van der Waals surface area contributed by atoms with Crippen molar-refractivity contribution in [1.82, 2.24) is 94.6 Å². The van der Waals surface area contributed by atoms with Gasteiger partial charge in [0.1, 0.15) is 29.1 Å². The topological polar surface area (TPSA) is 489 Å². The number of benzene rings is 9. The second kappa shape index (κ2) is 45.1. The molecule has 144 heavy (non-hydrogen) atoms. The first-order valence-corrected chi connectivity index (χ1v) is 47.6. The molecule has 3 aliphatic heterocycles. The number of H-pyrrole nitrogens is 1. The minimum atomic E-state index is -0.439. The van der Waals surface area contributed by atoms with Gasteiger partial charge in [0.25, 0.3) is 5.69 Å². The summed E-state index contributed by atoms with van der Waals surface area (Å²) in [5.41, 5.74) is 13.8. The smallest absolute Gasteiger partial charge is 0.269 e. The van der Waals surface area contributed by atoms with Gasteiger partial charge in [-0.1, -0.05) is 195 Å². The highest BCUT2D eigenvalue weighted by Gasteiger charge is 2.28. The highest BCUT2D eigenvalue weighted by molar-refractivity contribution is 6.30. The number of hydrogen-bond donors (Lipinski definition) is 14. The van der Waals surface area contributed by atoms with Gasteiger partial charge in [-0.2, -0.15) is 74.8 Å². The molecular formula is C105H116ClN33O5. The SMILES string of the molecule is CC(C)(C)c1nc(Nc2ccc(Cl)cc2)nc(Nc2ccc3c(c2)NC(=O)C3)n1.CC(C)(C)c1nc(Nc2ccc3c(c2)NC(=O)C3)nc(Nc2ccc3ncccc3c2)n1.CC(C)(C)c1nc(Nc2ccccc2)nc(Nc2nc3ccccc3[nH]2)n1.CC(C)c1nc(Nc2ccccc2)nc(Nc2ccc([N+](=O)[O-])cc2)n1.CCN(CC)CCCNc1nc(Nc2ccc3c(c2)NC(=O)C3)nc(C(C)(C)C)n1. The van der Waals surface area contributed by atoms with E-state index < -0.39 is 4.92 Å². The predicted octanol–water partition coefficient (Wildman–Crippen LogP) is 22.0. The van der Waals surface area contributed by atoms with Gasteiger partial charge in [-0.25, -0.2) is 4.98 Å². The van der Waals surface area contributed by atoms with E-state index in [9.17, 15) is 24.5 Å². The van der Waals surface area contributed by atoms with Gasteiger partial charge in [-0.15, -0.1) is 0 Å². The average Bonchev–Trinajstić information content (AvgIpc) is 1.13. The third kappa shape index (κ3) is 28.4. The number of para-hydroxylation sites is 4. The molecule has 0 atom stereocenters. The van der Waals surface area contributed by atoms with Crippen LogP contribution in [0, 0.1) is 10.1 Å². The largest absolute Gasteiger partial charge is 0.354 e. The van der Waals surface area contributed by atoms with Gasteiger partial charge >= 0.3 is 0 Å². The van der Waals surface area contributed by atoms with Gasteiger partial charge < -0.3 is 73.7 Å². The zero-order valence-corrected chi connectivity index (χ0v) is 83.8. The number of carbonyl (C=O) groups is 3. The molecule has 0 saturated heterocycles. The van der Waals surface area contributed by atoms with E-state index in [-0.39, 0.29) is 51.0 Å². The second-order valence-electron chi connectivity index (χ2n) is 38.5. The molecule has 0 radical (unpaired) electrons. The molecule has 3 amide bonds. The molecule has 38 nitrogen and oxygen atoms in total. The standard InChI is InChI=1S/C24H23N7O.C22H33N7O.C21H21ClN6O.C20H21N7.C18H18N6O2/c1-24(2,3)21-29-22(26-16-8-9-18-14(11-16)5-4-10-25-18)31-23(30-21)27-17-7-6-15-12-20(32)28-19(15)13-17;1-6-29(7-2)12-8-11-23-20-26-19(22(3,4)5)27-21(28-20)24-16-10-9-15-13-18(30)25-17(15)14-16;1-21(2,3)18-26-19(23-14-8-5-13(22)6-9-14)28-20(27-18)24-15-7-4-12-10-17(29)25-16(12)11-15;1-20(2,3)16-24-17(21-13-9-5-4-6-10-13)26-19(25-16)27-18-22-14-11-7-8-12-15(14)23-18;1-12(2)16-21-17(19-13-6-4-3-5-7-13)23-18(22-16)20-14-8-10-15(11-9-14)24(25)26/h4-11,13H,12H2,1-3H3,(H,28,32)(H2,26,27,29,30,31);9-10,14H,6-8,11-13H2,1-5H3,(H,25,30)(H2,23,24,26,27,28);4-9,11H,10H2,1-3H3,(H,25,29)(H2,23,24,26,27,28);4-12H,1-3H3,(H3,21,22,23,24,25,26,27);3-12H,1-2H3,(H2,19,20,21,22,23). The molecule has 0 aliphatic carbocycles. The summed E-state index contributed by atoms with van der Waals surface area (Å²) >= 11 is 5.96. The minimum Gasteiger partial charge on any atom is -0.354 e. The fourth-order valence-corrected chi connectivity index (χ4v) is 14.7. The average molecular weight is 1960 g/mol. The number of aromatic amines is 1. The Labute approximate surface area is 839 Å². The van der Waals surface area contributed by atoms with Gasteiger partial charge in [-0.3, -0.25) is 34.8 Å². The molecule has 14 N–H and O–H groups in total. The third-order valence-corrected chi connectivity index (χ3v) is 22.4. The number of amides is 3. The van der Waals surface area contributed by atoms with Crippen LogP contribution in [0.3, 0.4) is 0 Å². The van der Waals surface area contributed by atoms with Crippen LogP contribution in [0.5, 0.6) is 0 Å². The number of rotatable bonds is 27. The molecular weight excluding hydrogens is 1840 g/mol. The number of aromatic nitrogens is 18. The molecule has 19 rings (SSSR count). The highest BCUT2D eigenvalue weighted by Crippen LogP contribution is 2.36. The molecule has 0 fully saturated rings. The predicted molar refractivity (Wildman–Crippen MR) is 570 cm³/mol. The molecule has 16 aromatic rings. The lowest BCUT2D eigenvalue weighted by atomic mass is 9.96. The number of nitrogens with zero attached hydrogens (tertiary/aromatic N) is 19. The number of nitro groups is 1. The summed E-state index contributed by atoms with van der Waals surface area (Å²) in [4.78, 5) is 128. The summed E-state index contributed by atoms with van der Waals surface area (Å²) in [5, 5.41) is 53.2. The molecule has 0 saturated carbocycles. The molecule has 0 bridgehead atoms. The number of nitro benzene ring substituents is 1. The van der Waals surface area contributed by atoms with Crippen molar-refractivity contribution in [3.63, 3.8) is 0 Å². The molecule has 7 aromatic heterocycles. The van der Waals surface area contributed by atoms with Crippen LogP contribution in [0.4, 0.5) is 134 Å². The summed E-state index contributed by atoms with van der Waals surface area (Å²) in [6.07, 6.45) is 4.04. The lowest BCUT2D eigenvalue weighted by molar-refractivity contribution is -0.384. The number of pyridine rings is 1. The highest BCUT2D eigenvalue weighted by atomic mass is 35.5. The van der Waals surface area contributed by atoms with Gasteiger partial charge in [0.2, 0.25) is 83.2 Å². The van der Waals surface area contributed by atoms with E-state index in [1.54, 1.807) is 30.5 Å². The lowest BCUT2D eigenvalue weighted by Crippen LogP contribution is -2.26. The summed E-state index contributed by atoms with van der Waals surface area (Å²) < 4.78 is 0. The summed E-state index contributed by atoms with van der Waals surface area (Å²) in [6, 6.07) is 67.8. The first-order chi connectivity index (χ1) is 68.8. The second-order valence-corrected chi connectivity index (χ2v) is 38.9. The number of halogens is 1. The Morgan fingerprint density at radius 2 is 0.722 bits per heavy atom. The fraction of sp³-hybridized carbons (Fsp3) is 0.276. The van der Waals surface area contributed by atoms with Crippen LogP contribution >= 0.6 is 11.6 Å². The number of anilines is 22. The first kappa shape index (κ1) is 101. The van der Waals surface area contributed by atoms with Crippen molar-refractivity contribution in [3.8, 4) is 0 Å². The van der Waals surface area contributed by atoms with Crippen molar-refractivity contribution in [3.05, 3.63) is 286 Å². The van der Waals surface area contributed by atoms with Gasteiger partial charge in [0.15, 0.2) is 0 Å². The maximum atomic E-state index is 11.6. The van der Waals surface area contributed by atoms with Crippen molar-refractivity contribution < 1.29 is 19.3 Å². The zero-order valence-electron chi connectivity index (χ0n) is 83.0. The van der Waals surface area contributed by atoms with Crippen LogP contribution in [0.15, 0.2) is 225 Å². The number of fused-ring (bicyclic) bond motifs is 5. The lowest BCUT2D eigenvalue weighted by Gasteiger charge is -2.20. The van der Waals surface area contributed by atoms with Crippen molar-refractivity contribution in [2.45, 2.75) is 164 Å². The van der Waals surface area contributed by atoms with Crippen molar-refractivity contribution >= 4 is 185 Å². The van der Waals surface area contributed by atoms with Gasteiger partial charge in [-0.05, 0) is 176 Å². The normalized spacial score (nSPS) is 12.4. The van der Waals surface area contributed by atoms with Crippen molar-refractivity contribution in [2.75, 3.05) is 95.3 Å². The van der Waals surface area contributed by atoms with E-state index in [0.717, 1.165) is 134 Å². The Balaban J connectivity index is 0.000000136. The van der Waals surface area contributed by atoms with Crippen LogP contribution in [-0.2, 0) is 55.3 Å². The van der Waals surface area contributed by atoms with Crippen molar-refractivity contribution in [2.24, 2.45) is 0 Å². The molecule has 0 unspecified atom stereocenters. The van der Waals surface area contributed by atoms with Gasteiger partial charge in [0.05, 0.1) is 40.7 Å². The zero-order chi connectivity index (χ0) is 102. The maximum absolute atomic E-state index is 11.6. The van der Waals surface area contributed by atoms with E-state index in [2.05, 4.69) is 240 Å². The van der Waals surface area contributed by atoms with Crippen LogP contribution in [0.1, 0.15) is 169 Å². The maximum Gasteiger partial charge on any atom is 0.269 e. The van der Waals surface area contributed by atoms with E-state index in [0.29, 0.717) is 119 Å². The quantitative estimate of drug-likeness (QED) is 0.0129. The number of hydrogen-bond acceptors (Lipinski definition) is 33. The molecule has 738 valence electrons. The number of imidazole rings is 1. The van der Waals surface area contributed by atoms with Crippen LogP contribution < -0.4 is 69.1 Å². The molecule has 0 spiro atoms. The van der Waals surface area contributed by atoms with Crippen LogP contribution in [-0.4, -0.2) is 143 Å². The summed E-state index contributed by atoms with van der Waals surface area (Å²) in [5.74, 6) is 8.63. The van der Waals surface area contributed by atoms with Crippen molar-refractivity contribution in [1.29, 1.82) is 0 Å². The Hall–Kier alpha value is -17.0. The Kier molecular flexibility index (Phi) is 31.7. The van der Waals surface area contributed by atoms with Gasteiger partial charge in [0, 0.05) is 125 Å². The summed E-state index contributed by atoms with van der Waals surface area (Å²) in [6.45, 7) is 37.1. The van der Waals surface area contributed by atoms with E-state index >= 15 is 0 Å². The minimum absolute atomic E-state index is 0.00165. The Bertz CT molecular complexity index is 7220. The van der Waals surface area contributed by atoms with E-state index in [1.807, 2.05) is 217 Å². The Morgan fingerprint density at radius 3 is 1.12 bits per heavy atom. The van der Waals surface area contributed by atoms with E-state index in [1.165, 1.54) is 12.1 Å². The number of non-ortho nitro benzene ring substituents is 1. The number of carbonyl (C=O) groups excluding carboxylic acids is 3. The third-order valence-electron chi connectivity index (χ3n) is 22.2. The monoisotopic (exact) mass is 1950 g/mol. The Morgan fingerprint density at radius 1 is 0.375 bits per heavy atom. The van der Waals surface area contributed by atoms with Crippen LogP contribution in [0.2, 0.25) is 5.02 Å². The molecule has 10 heterocycles. The molecule has 3 aliphatic rings. The summed E-state index contributed by atoms with van der Waals surface area (Å²) in [7, 11) is 0. The fourth-order valence-electron chi connectivity index (χ4n) is 14.5.